The van der Waals surface area contributed by atoms with Crippen LogP contribution in [-0.4, -0.2) is 60.5 Å². The number of nitrogens with zero attached hydrogens (tertiary/aromatic N) is 2. The van der Waals surface area contributed by atoms with Crippen LogP contribution in [0.5, 0.6) is 0 Å². The smallest absolute Gasteiger partial charge is 0.314 e. The number of sulfonamides is 1. The molecule has 0 bridgehead atoms. The van der Waals surface area contributed by atoms with Crippen LogP contribution in [0.15, 0.2) is 0 Å². The topological polar surface area (TPSA) is 77.9 Å². The van der Waals surface area contributed by atoms with Gasteiger partial charge in [-0.3, -0.25) is 4.79 Å². The summed E-state index contributed by atoms with van der Waals surface area (Å²) in [5, 5.41) is 9.94. The molecule has 1 aliphatic heterocycles. The predicted molar refractivity (Wildman–Crippen MR) is 54.1 cm³/mol. The van der Waals surface area contributed by atoms with Crippen molar-refractivity contribution in [3.63, 3.8) is 0 Å². The van der Waals surface area contributed by atoms with Gasteiger partial charge in [0, 0.05) is 13.1 Å². The lowest BCUT2D eigenvalue weighted by atomic mass is 10.1. The van der Waals surface area contributed by atoms with E-state index in [1.165, 1.54) is 0 Å². The van der Waals surface area contributed by atoms with Crippen LogP contribution in [0.25, 0.3) is 0 Å². The second kappa shape index (κ2) is 5.02. The summed E-state index contributed by atoms with van der Waals surface area (Å²) in [5.74, 6) is -2.39. The van der Waals surface area contributed by atoms with E-state index in [9.17, 15) is 26.4 Å². The molecule has 10 heteroatoms. The van der Waals surface area contributed by atoms with Crippen molar-refractivity contribution >= 4 is 15.9 Å². The van der Waals surface area contributed by atoms with E-state index in [4.69, 9.17) is 5.21 Å². The molecule has 0 unspecified atom stereocenters. The molecule has 0 atom stereocenters. The molecule has 1 amide bonds. The van der Waals surface area contributed by atoms with E-state index in [1.54, 1.807) is 0 Å². The summed E-state index contributed by atoms with van der Waals surface area (Å²) >= 11 is 0. The molecular formula is C8H13F3N2O4S. The predicted octanol–water partition coefficient (Wildman–Crippen LogP) is 0.191. The van der Waals surface area contributed by atoms with Crippen molar-refractivity contribution in [2.75, 3.05) is 19.3 Å². The molecule has 6 nitrogen and oxygen atoms in total. The van der Waals surface area contributed by atoms with Crippen molar-refractivity contribution in [1.29, 1.82) is 0 Å². The highest BCUT2D eigenvalue weighted by molar-refractivity contribution is 7.88. The minimum atomic E-state index is -5.24. The molecule has 0 aliphatic carbocycles. The Hall–Kier alpha value is -0.870. The van der Waals surface area contributed by atoms with Gasteiger partial charge >= 0.3 is 12.1 Å². The number of hydroxylamine groups is 2. The molecule has 1 N–H and O–H groups in total. The van der Waals surface area contributed by atoms with Gasteiger partial charge in [-0.2, -0.15) is 18.2 Å². The summed E-state index contributed by atoms with van der Waals surface area (Å²) in [6.07, 6.45) is -4.75. The van der Waals surface area contributed by atoms with Gasteiger partial charge in [-0.25, -0.2) is 12.7 Å². The van der Waals surface area contributed by atoms with Crippen LogP contribution in [0.4, 0.5) is 13.2 Å². The minimum absolute atomic E-state index is 0.0157. The fourth-order valence-corrected chi connectivity index (χ4v) is 2.96. The number of alkyl halides is 3. The standard InChI is InChI=1S/C8H13F3N2O4S/c1-18(16,17)13(7(14)8(9,10)11)6-2-4-12(15)5-3-6/h6,15H,2-5H2,1H3. The first-order chi connectivity index (χ1) is 8.03. The molecule has 0 aromatic rings. The second-order valence-corrected chi connectivity index (χ2v) is 5.91. The zero-order chi connectivity index (χ0) is 14.1. The van der Waals surface area contributed by atoms with Gasteiger partial charge < -0.3 is 5.21 Å². The summed E-state index contributed by atoms with van der Waals surface area (Å²) in [4.78, 5) is 11.1. The fraction of sp³-hybridized carbons (Fsp3) is 0.875. The van der Waals surface area contributed by atoms with Gasteiger partial charge in [0.25, 0.3) is 0 Å². The van der Waals surface area contributed by atoms with E-state index in [1.807, 2.05) is 0 Å². The molecule has 0 spiro atoms. The number of carbonyl (C=O) groups is 1. The first-order valence-corrected chi connectivity index (χ1v) is 6.92. The Bertz CT molecular complexity index is 415. The lowest BCUT2D eigenvalue weighted by Gasteiger charge is -2.35. The molecular weight excluding hydrogens is 277 g/mol. The molecule has 106 valence electrons. The van der Waals surface area contributed by atoms with Crippen LogP contribution in [0.1, 0.15) is 12.8 Å². The second-order valence-electron chi connectivity index (χ2n) is 4.05. The lowest BCUT2D eigenvalue weighted by molar-refractivity contribution is -0.184. The van der Waals surface area contributed by atoms with E-state index in [2.05, 4.69) is 0 Å². The third-order valence-electron chi connectivity index (χ3n) is 2.57. The molecule has 1 heterocycles. The van der Waals surface area contributed by atoms with Gasteiger partial charge in [-0.1, -0.05) is 0 Å². The Morgan fingerprint density at radius 1 is 1.33 bits per heavy atom. The van der Waals surface area contributed by atoms with Crippen molar-refractivity contribution in [2.24, 2.45) is 0 Å². The largest absolute Gasteiger partial charge is 0.472 e. The lowest BCUT2D eigenvalue weighted by Crippen LogP contribution is -2.53. The maximum absolute atomic E-state index is 12.3. The van der Waals surface area contributed by atoms with E-state index >= 15 is 0 Å². The third kappa shape index (κ3) is 3.56. The third-order valence-corrected chi connectivity index (χ3v) is 3.75. The molecule has 0 aromatic heterocycles. The van der Waals surface area contributed by atoms with Crippen LogP contribution in [-0.2, 0) is 14.8 Å². The first kappa shape index (κ1) is 15.2. The van der Waals surface area contributed by atoms with Gasteiger partial charge in [0.15, 0.2) is 0 Å². The average molecular weight is 290 g/mol. The summed E-state index contributed by atoms with van der Waals surface area (Å²) in [6.45, 7) is 0.0314. The molecule has 1 aliphatic rings. The van der Waals surface area contributed by atoms with Crippen LogP contribution in [0.3, 0.4) is 0 Å². The van der Waals surface area contributed by atoms with Crippen molar-refractivity contribution < 1.29 is 31.6 Å². The number of carbonyl (C=O) groups excluding carboxylic acids is 1. The summed E-state index contributed by atoms with van der Waals surface area (Å²) in [7, 11) is -4.30. The number of halogens is 3. The highest BCUT2D eigenvalue weighted by atomic mass is 32.2. The number of rotatable bonds is 2. The van der Waals surface area contributed by atoms with Gasteiger partial charge in [0.05, 0.1) is 12.3 Å². The van der Waals surface area contributed by atoms with Gasteiger partial charge in [-0.15, -0.1) is 0 Å². The SMILES string of the molecule is CS(=O)(=O)N(C(=O)C(F)(F)F)C1CCN(O)CC1. The van der Waals surface area contributed by atoms with E-state index in [-0.39, 0.29) is 30.2 Å². The highest BCUT2D eigenvalue weighted by Crippen LogP contribution is 2.26. The zero-order valence-corrected chi connectivity index (χ0v) is 10.3. The Morgan fingerprint density at radius 2 is 1.78 bits per heavy atom. The molecule has 1 rings (SSSR count). The molecule has 0 saturated carbocycles. The number of hydrogen-bond donors (Lipinski definition) is 1. The van der Waals surface area contributed by atoms with Crippen molar-refractivity contribution in [3.8, 4) is 0 Å². The number of hydrogen-bond acceptors (Lipinski definition) is 5. The first-order valence-electron chi connectivity index (χ1n) is 5.08. The number of piperidine rings is 1. The Labute approximate surface area is 102 Å². The maximum Gasteiger partial charge on any atom is 0.472 e. The molecule has 1 fully saturated rings. The quantitative estimate of drug-likeness (QED) is 0.785. The minimum Gasteiger partial charge on any atom is -0.314 e. The van der Waals surface area contributed by atoms with Crippen LogP contribution in [0.2, 0.25) is 0 Å². The van der Waals surface area contributed by atoms with Crippen molar-refractivity contribution in [2.45, 2.75) is 25.1 Å². The summed E-state index contributed by atoms with van der Waals surface area (Å²) in [6, 6.07) is -1.07. The van der Waals surface area contributed by atoms with Crippen LogP contribution < -0.4 is 0 Å². The maximum atomic E-state index is 12.3. The zero-order valence-electron chi connectivity index (χ0n) is 9.51. The Morgan fingerprint density at radius 3 is 2.11 bits per heavy atom. The van der Waals surface area contributed by atoms with E-state index in [0.717, 1.165) is 5.06 Å². The number of amides is 1. The van der Waals surface area contributed by atoms with Crippen LogP contribution >= 0.6 is 0 Å². The van der Waals surface area contributed by atoms with E-state index in [0.29, 0.717) is 6.26 Å². The molecule has 0 aromatic carbocycles. The highest BCUT2D eigenvalue weighted by Gasteiger charge is 2.48. The molecule has 0 radical (unpaired) electrons. The normalized spacial score (nSPS) is 19.8. The molecule has 18 heavy (non-hydrogen) atoms. The fourth-order valence-electron chi connectivity index (χ4n) is 1.80. The Kier molecular flexibility index (Phi) is 4.23. The Balaban J connectivity index is 2.97. The van der Waals surface area contributed by atoms with Crippen molar-refractivity contribution in [1.82, 2.24) is 9.37 Å². The van der Waals surface area contributed by atoms with Crippen LogP contribution in [0, 0.1) is 0 Å². The van der Waals surface area contributed by atoms with Crippen molar-refractivity contribution in [3.05, 3.63) is 0 Å². The van der Waals surface area contributed by atoms with E-state index < -0.39 is 28.1 Å². The van der Waals surface area contributed by atoms with Gasteiger partial charge in [0.1, 0.15) is 0 Å². The monoisotopic (exact) mass is 290 g/mol. The van der Waals surface area contributed by atoms with Gasteiger partial charge in [-0.05, 0) is 12.8 Å². The summed E-state index contributed by atoms with van der Waals surface area (Å²) < 4.78 is 59.6. The average Bonchev–Trinajstić information content (AvgIpc) is 2.17. The molecule has 1 saturated heterocycles. The van der Waals surface area contributed by atoms with Gasteiger partial charge in [0.2, 0.25) is 10.0 Å². The summed E-state index contributed by atoms with van der Waals surface area (Å²) in [5.41, 5.74) is 0.